The molecule has 0 aromatic heterocycles. The number of amides is 2. The van der Waals surface area contributed by atoms with Gasteiger partial charge in [0.15, 0.2) is 11.9 Å². The molecule has 1 aliphatic carbocycles. The summed E-state index contributed by atoms with van der Waals surface area (Å²) in [5.41, 5.74) is 7.24. The molecule has 0 bridgehead atoms. The molecule has 0 radical (unpaired) electrons. The number of hydrogen-bond acceptors (Lipinski definition) is 4. The van der Waals surface area contributed by atoms with Crippen LogP contribution in [-0.2, 0) is 4.79 Å². The summed E-state index contributed by atoms with van der Waals surface area (Å²) in [5.74, 6) is 1.19. The third kappa shape index (κ3) is 2.28. The smallest absolute Gasteiger partial charge is 0.265 e. The van der Waals surface area contributed by atoms with Gasteiger partial charge in [-0.25, -0.2) is 0 Å². The number of hydrogen-bond donors (Lipinski definition) is 2. The van der Waals surface area contributed by atoms with E-state index in [2.05, 4.69) is 5.32 Å². The van der Waals surface area contributed by atoms with Crippen LogP contribution in [0.4, 0.5) is 5.69 Å². The van der Waals surface area contributed by atoms with Gasteiger partial charge in [0, 0.05) is 19.1 Å². The van der Waals surface area contributed by atoms with E-state index < -0.39 is 6.10 Å². The Hall–Kier alpha value is -2.08. The van der Waals surface area contributed by atoms with Crippen LogP contribution in [0.2, 0.25) is 0 Å². The summed E-state index contributed by atoms with van der Waals surface area (Å²) >= 11 is 0. The lowest BCUT2D eigenvalue weighted by Crippen LogP contribution is -2.37. The zero-order valence-electron chi connectivity index (χ0n) is 13.1. The Balaban J connectivity index is 1.61. The SMILES string of the molecule is CC1Oc2c(cccc2C(=O)N2CC3CCC(N)C3C2)NC1=O. The molecule has 4 rings (SSSR count). The van der Waals surface area contributed by atoms with Crippen LogP contribution in [-0.4, -0.2) is 41.9 Å². The monoisotopic (exact) mass is 315 g/mol. The van der Waals surface area contributed by atoms with Gasteiger partial charge in [0.2, 0.25) is 0 Å². The van der Waals surface area contributed by atoms with Crippen molar-refractivity contribution in [3.05, 3.63) is 23.8 Å². The van der Waals surface area contributed by atoms with E-state index in [9.17, 15) is 9.59 Å². The molecule has 23 heavy (non-hydrogen) atoms. The van der Waals surface area contributed by atoms with Gasteiger partial charge in [-0.1, -0.05) is 6.07 Å². The Bertz CT molecular complexity index is 675. The number of nitrogens with zero attached hydrogens (tertiary/aromatic N) is 1. The zero-order valence-corrected chi connectivity index (χ0v) is 13.1. The summed E-state index contributed by atoms with van der Waals surface area (Å²) in [5, 5.41) is 2.79. The summed E-state index contributed by atoms with van der Waals surface area (Å²) < 4.78 is 5.69. The van der Waals surface area contributed by atoms with Gasteiger partial charge in [-0.3, -0.25) is 9.59 Å². The van der Waals surface area contributed by atoms with Crippen LogP contribution in [0.5, 0.6) is 5.75 Å². The molecule has 122 valence electrons. The number of anilines is 1. The number of benzene rings is 1. The molecule has 2 fully saturated rings. The fraction of sp³-hybridized carbons (Fsp3) is 0.529. The lowest BCUT2D eigenvalue weighted by molar-refractivity contribution is -0.122. The molecule has 6 heteroatoms. The Morgan fingerprint density at radius 3 is 2.96 bits per heavy atom. The minimum atomic E-state index is -0.595. The van der Waals surface area contributed by atoms with Crippen molar-refractivity contribution in [3.8, 4) is 5.75 Å². The predicted molar refractivity (Wildman–Crippen MR) is 85.3 cm³/mol. The maximum atomic E-state index is 12.9. The summed E-state index contributed by atoms with van der Waals surface area (Å²) in [6.45, 7) is 3.16. The molecule has 3 N–H and O–H groups in total. The van der Waals surface area contributed by atoms with Crippen LogP contribution < -0.4 is 15.8 Å². The molecular formula is C17H21N3O3. The molecule has 6 nitrogen and oxygen atoms in total. The first-order valence-electron chi connectivity index (χ1n) is 8.20. The molecule has 1 aromatic rings. The van der Waals surface area contributed by atoms with Crippen LogP contribution in [0.15, 0.2) is 18.2 Å². The lowest BCUT2D eigenvalue weighted by atomic mass is 9.98. The number of para-hydroxylation sites is 1. The van der Waals surface area contributed by atoms with E-state index in [1.807, 2.05) is 4.90 Å². The average molecular weight is 315 g/mol. The zero-order chi connectivity index (χ0) is 16.1. The highest BCUT2D eigenvalue weighted by Crippen LogP contribution is 2.39. The quantitative estimate of drug-likeness (QED) is 0.816. The number of carbonyl (C=O) groups is 2. The molecule has 3 aliphatic rings. The maximum absolute atomic E-state index is 12.9. The molecule has 2 heterocycles. The minimum Gasteiger partial charge on any atom is -0.478 e. The predicted octanol–water partition coefficient (Wildman–Crippen LogP) is 1.22. The molecule has 4 atom stereocenters. The van der Waals surface area contributed by atoms with Crippen LogP contribution >= 0.6 is 0 Å². The van der Waals surface area contributed by atoms with E-state index in [1.165, 1.54) is 0 Å². The van der Waals surface area contributed by atoms with Gasteiger partial charge < -0.3 is 20.7 Å². The highest BCUT2D eigenvalue weighted by Gasteiger charge is 2.43. The maximum Gasteiger partial charge on any atom is 0.265 e. The van der Waals surface area contributed by atoms with Crippen molar-refractivity contribution in [2.45, 2.75) is 31.9 Å². The number of nitrogens with two attached hydrogens (primary N) is 1. The van der Waals surface area contributed by atoms with Gasteiger partial charge in [0.25, 0.3) is 11.8 Å². The molecule has 1 aromatic carbocycles. The first-order chi connectivity index (χ1) is 11.0. The molecule has 2 aliphatic heterocycles. The van der Waals surface area contributed by atoms with Crippen molar-refractivity contribution in [1.82, 2.24) is 4.90 Å². The highest BCUT2D eigenvalue weighted by atomic mass is 16.5. The molecular weight excluding hydrogens is 294 g/mol. The largest absolute Gasteiger partial charge is 0.478 e. The molecule has 1 saturated carbocycles. The molecule has 1 saturated heterocycles. The Kier molecular flexibility index (Phi) is 3.30. The second-order valence-electron chi connectivity index (χ2n) is 6.81. The third-order valence-corrected chi connectivity index (χ3v) is 5.37. The number of nitrogens with one attached hydrogen (secondary N) is 1. The summed E-state index contributed by atoms with van der Waals surface area (Å²) in [6.07, 6.45) is 1.57. The van der Waals surface area contributed by atoms with Gasteiger partial charge in [-0.15, -0.1) is 0 Å². The normalized spacial score (nSPS) is 32.1. The number of fused-ring (bicyclic) bond motifs is 2. The fourth-order valence-corrected chi connectivity index (χ4v) is 4.04. The second kappa shape index (κ2) is 5.23. The van der Waals surface area contributed by atoms with Gasteiger partial charge >= 0.3 is 0 Å². The number of carbonyl (C=O) groups excluding carboxylic acids is 2. The third-order valence-electron chi connectivity index (χ3n) is 5.37. The van der Waals surface area contributed by atoms with Crippen molar-refractivity contribution in [3.63, 3.8) is 0 Å². The van der Waals surface area contributed by atoms with Crippen molar-refractivity contribution in [2.24, 2.45) is 17.6 Å². The van der Waals surface area contributed by atoms with Crippen molar-refractivity contribution in [2.75, 3.05) is 18.4 Å². The number of rotatable bonds is 1. The van der Waals surface area contributed by atoms with Gasteiger partial charge in [0.1, 0.15) is 0 Å². The Morgan fingerprint density at radius 1 is 1.35 bits per heavy atom. The van der Waals surface area contributed by atoms with E-state index in [0.29, 0.717) is 28.8 Å². The standard InChI is InChI=1S/C17H21N3O3/c1-9-16(21)19-14-4-2-3-11(15(14)23-9)17(22)20-7-10-5-6-13(18)12(10)8-20/h2-4,9-10,12-13H,5-8,18H2,1H3,(H,19,21). The summed E-state index contributed by atoms with van der Waals surface area (Å²) in [6, 6.07) is 5.50. The molecule has 0 spiro atoms. The van der Waals surface area contributed by atoms with E-state index in [4.69, 9.17) is 10.5 Å². The fourth-order valence-electron chi connectivity index (χ4n) is 4.04. The Labute approximate surface area is 135 Å². The minimum absolute atomic E-state index is 0.0354. The van der Waals surface area contributed by atoms with Crippen molar-refractivity contribution >= 4 is 17.5 Å². The van der Waals surface area contributed by atoms with Gasteiger partial charge in [-0.2, -0.15) is 0 Å². The van der Waals surface area contributed by atoms with Gasteiger partial charge in [-0.05, 0) is 43.7 Å². The Morgan fingerprint density at radius 2 is 2.17 bits per heavy atom. The van der Waals surface area contributed by atoms with E-state index in [1.54, 1.807) is 25.1 Å². The van der Waals surface area contributed by atoms with E-state index >= 15 is 0 Å². The lowest BCUT2D eigenvalue weighted by Gasteiger charge is -2.26. The number of ether oxygens (including phenoxy) is 1. The summed E-state index contributed by atoms with van der Waals surface area (Å²) in [4.78, 5) is 26.5. The molecule has 4 unspecified atom stereocenters. The van der Waals surface area contributed by atoms with Crippen LogP contribution in [0.3, 0.4) is 0 Å². The molecule has 2 amide bonds. The van der Waals surface area contributed by atoms with E-state index in [-0.39, 0.29) is 17.9 Å². The van der Waals surface area contributed by atoms with Gasteiger partial charge in [0.05, 0.1) is 11.3 Å². The second-order valence-corrected chi connectivity index (χ2v) is 6.81. The topological polar surface area (TPSA) is 84.7 Å². The first-order valence-corrected chi connectivity index (χ1v) is 8.20. The van der Waals surface area contributed by atoms with Crippen LogP contribution in [0.1, 0.15) is 30.1 Å². The highest BCUT2D eigenvalue weighted by molar-refractivity contribution is 6.04. The van der Waals surface area contributed by atoms with E-state index in [0.717, 1.165) is 25.9 Å². The van der Waals surface area contributed by atoms with Crippen LogP contribution in [0.25, 0.3) is 0 Å². The summed E-state index contributed by atoms with van der Waals surface area (Å²) in [7, 11) is 0. The van der Waals surface area contributed by atoms with Crippen LogP contribution in [0, 0.1) is 11.8 Å². The van der Waals surface area contributed by atoms with Crippen molar-refractivity contribution < 1.29 is 14.3 Å². The van der Waals surface area contributed by atoms with Crippen molar-refractivity contribution in [1.29, 1.82) is 0 Å². The number of likely N-dealkylation sites (tertiary alicyclic amines) is 1. The first kappa shape index (κ1) is 14.5. The average Bonchev–Trinajstić information content (AvgIpc) is 3.10.